The zero-order chi connectivity index (χ0) is 14.7. The summed E-state index contributed by atoms with van der Waals surface area (Å²) in [6, 6.07) is 6.66. The van der Waals surface area contributed by atoms with Crippen LogP contribution in [0.25, 0.3) is 0 Å². The molecular weight excluding hydrogens is 253 g/mol. The fourth-order valence-corrected chi connectivity index (χ4v) is 3.50. The molecule has 4 unspecified atom stereocenters. The van der Waals surface area contributed by atoms with E-state index in [-0.39, 0.29) is 11.9 Å². The van der Waals surface area contributed by atoms with Gasteiger partial charge in [-0.25, -0.2) is 4.39 Å². The molecule has 1 fully saturated rings. The van der Waals surface area contributed by atoms with Crippen molar-refractivity contribution in [1.82, 2.24) is 4.90 Å². The zero-order valence-electron chi connectivity index (χ0n) is 12.7. The van der Waals surface area contributed by atoms with Gasteiger partial charge in [-0.1, -0.05) is 26.0 Å². The third-order valence-electron chi connectivity index (χ3n) is 4.53. The first kappa shape index (κ1) is 15.5. The predicted octanol–water partition coefficient (Wildman–Crippen LogP) is 3.30. The molecule has 0 aliphatic heterocycles. The van der Waals surface area contributed by atoms with Crippen molar-refractivity contribution in [2.45, 2.75) is 39.3 Å². The Morgan fingerprint density at radius 1 is 1.20 bits per heavy atom. The molecule has 0 amide bonds. The molecule has 0 radical (unpaired) electrons. The summed E-state index contributed by atoms with van der Waals surface area (Å²) < 4.78 is 12.9. The second kappa shape index (κ2) is 6.68. The second-order valence-electron chi connectivity index (χ2n) is 6.61. The molecule has 2 nitrogen and oxygen atoms in total. The topological polar surface area (TPSA) is 23.5 Å². The van der Waals surface area contributed by atoms with Crippen molar-refractivity contribution >= 4 is 0 Å². The Balaban J connectivity index is 1.90. The third kappa shape index (κ3) is 4.03. The van der Waals surface area contributed by atoms with Crippen molar-refractivity contribution in [2.75, 3.05) is 13.6 Å². The van der Waals surface area contributed by atoms with E-state index in [1.54, 1.807) is 0 Å². The van der Waals surface area contributed by atoms with Crippen LogP contribution in [-0.2, 0) is 6.54 Å². The highest BCUT2D eigenvalue weighted by Gasteiger charge is 2.33. The van der Waals surface area contributed by atoms with E-state index in [0.29, 0.717) is 17.8 Å². The molecule has 0 bridgehead atoms. The molecule has 2 rings (SSSR count). The van der Waals surface area contributed by atoms with E-state index in [1.165, 1.54) is 18.6 Å². The quantitative estimate of drug-likeness (QED) is 0.914. The van der Waals surface area contributed by atoms with Gasteiger partial charge in [-0.3, -0.25) is 0 Å². The van der Waals surface area contributed by atoms with Gasteiger partial charge in [0.1, 0.15) is 5.82 Å². The van der Waals surface area contributed by atoms with Crippen molar-refractivity contribution in [3.8, 4) is 0 Å². The first-order valence-electron chi connectivity index (χ1n) is 7.56. The maximum atomic E-state index is 12.9. The standard InChI is InChI=1S/C17H26FNO/c1-12-8-13(2)16(17(20)9-12)11-19(3)10-14-4-6-15(18)7-5-14/h4-7,12-13,16-17,20H,8-11H2,1-3H3. The van der Waals surface area contributed by atoms with Crippen molar-refractivity contribution in [3.05, 3.63) is 35.6 Å². The molecular formula is C17H26FNO. The monoisotopic (exact) mass is 279 g/mol. The highest BCUT2D eigenvalue weighted by molar-refractivity contribution is 5.15. The van der Waals surface area contributed by atoms with Crippen LogP contribution in [0, 0.1) is 23.6 Å². The lowest BCUT2D eigenvalue weighted by Gasteiger charge is -2.39. The Morgan fingerprint density at radius 3 is 2.45 bits per heavy atom. The lowest BCUT2D eigenvalue weighted by molar-refractivity contribution is 0.000595. The molecule has 0 saturated heterocycles. The molecule has 1 N–H and O–H groups in total. The highest BCUT2D eigenvalue weighted by atomic mass is 19.1. The van der Waals surface area contributed by atoms with Gasteiger partial charge in [0.2, 0.25) is 0 Å². The molecule has 1 aliphatic rings. The summed E-state index contributed by atoms with van der Waals surface area (Å²) in [7, 11) is 2.07. The number of hydrogen-bond donors (Lipinski definition) is 1. The largest absolute Gasteiger partial charge is 0.393 e. The smallest absolute Gasteiger partial charge is 0.123 e. The minimum Gasteiger partial charge on any atom is -0.393 e. The number of nitrogens with zero attached hydrogens (tertiary/aromatic N) is 1. The Labute approximate surface area is 121 Å². The van der Waals surface area contributed by atoms with Crippen LogP contribution in [0.4, 0.5) is 4.39 Å². The summed E-state index contributed by atoms with van der Waals surface area (Å²) in [5.74, 6) is 1.33. The SMILES string of the molecule is CC1CC(C)C(CN(C)Cc2ccc(F)cc2)C(O)C1. The second-order valence-corrected chi connectivity index (χ2v) is 6.61. The average Bonchev–Trinajstić information content (AvgIpc) is 2.36. The van der Waals surface area contributed by atoms with Crippen molar-refractivity contribution in [3.63, 3.8) is 0 Å². The predicted molar refractivity (Wildman–Crippen MR) is 79.8 cm³/mol. The van der Waals surface area contributed by atoms with E-state index in [1.807, 2.05) is 12.1 Å². The molecule has 1 aliphatic carbocycles. The molecule has 0 heterocycles. The Kier molecular flexibility index (Phi) is 5.17. The molecule has 0 spiro atoms. The number of aliphatic hydroxyl groups excluding tert-OH is 1. The molecule has 4 atom stereocenters. The van der Waals surface area contributed by atoms with Crippen LogP contribution in [0.5, 0.6) is 0 Å². The van der Waals surface area contributed by atoms with E-state index in [2.05, 4.69) is 25.8 Å². The molecule has 3 heteroatoms. The maximum Gasteiger partial charge on any atom is 0.123 e. The van der Waals surface area contributed by atoms with Crippen molar-refractivity contribution in [2.24, 2.45) is 17.8 Å². The number of hydrogen-bond acceptors (Lipinski definition) is 2. The van der Waals surface area contributed by atoms with Crippen LogP contribution in [-0.4, -0.2) is 29.7 Å². The van der Waals surface area contributed by atoms with Crippen molar-refractivity contribution < 1.29 is 9.50 Å². The zero-order valence-corrected chi connectivity index (χ0v) is 12.7. The first-order valence-corrected chi connectivity index (χ1v) is 7.56. The van der Waals surface area contributed by atoms with Gasteiger partial charge in [-0.05, 0) is 49.4 Å². The van der Waals surface area contributed by atoms with Gasteiger partial charge in [0.25, 0.3) is 0 Å². The van der Waals surface area contributed by atoms with Gasteiger partial charge >= 0.3 is 0 Å². The number of aliphatic hydroxyl groups is 1. The minimum atomic E-state index is -0.193. The van der Waals surface area contributed by atoms with E-state index in [0.717, 1.165) is 25.1 Å². The molecule has 1 aromatic carbocycles. The fourth-order valence-electron chi connectivity index (χ4n) is 3.50. The highest BCUT2D eigenvalue weighted by Crippen LogP contribution is 2.34. The van der Waals surface area contributed by atoms with Crippen molar-refractivity contribution in [1.29, 1.82) is 0 Å². The first-order chi connectivity index (χ1) is 9.45. The normalized spacial score (nSPS) is 30.7. The molecule has 112 valence electrons. The summed E-state index contributed by atoms with van der Waals surface area (Å²) in [4.78, 5) is 2.23. The van der Waals surface area contributed by atoms with Crippen LogP contribution < -0.4 is 0 Å². The summed E-state index contributed by atoms with van der Waals surface area (Å²) in [5, 5.41) is 10.3. The molecule has 1 saturated carbocycles. The van der Waals surface area contributed by atoms with E-state index < -0.39 is 0 Å². The summed E-state index contributed by atoms with van der Waals surface area (Å²) in [6.07, 6.45) is 1.93. The number of benzene rings is 1. The van der Waals surface area contributed by atoms with Crippen LogP contribution in [0.15, 0.2) is 24.3 Å². The van der Waals surface area contributed by atoms with Crippen LogP contribution in [0.2, 0.25) is 0 Å². The van der Waals surface area contributed by atoms with E-state index in [4.69, 9.17) is 0 Å². The molecule has 1 aromatic rings. The molecule has 0 aromatic heterocycles. The number of rotatable bonds is 4. The minimum absolute atomic E-state index is 0.190. The van der Waals surface area contributed by atoms with Gasteiger partial charge < -0.3 is 10.0 Å². The van der Waals surface area contributed by atoms with Crippen LogP contribution in [0.1, 0.15) is 32.3 Å². The Bertz CT molecular complexity index is 408. The van der Waals surface area contributed by atoms with Gasteiger partial charge in [0.15, 0.2) is 0 Å². The lowest BCUT2D eigenvalue weighted by atomic mass is 9.73. The Morgan fingerprint density at radius 2 is 1.85 bits per heavy atom. The lowest BCUT2D eigenvalue weighted by Crippen LogP contribution is -2.41. The van der Waals surface area contributed by atoms with E-state index in [9.17, 15) is 9.50 Å². The van der Waals surface area contributed by atoms with Gasteiger partial charge in [-0.15, -0.1) is 0 Å². The summed E-state index contributed by atoms with van der Waals surface area (Å²) >= 11 is 0. The van der Waals surface area contributed by atoms with Gasteiger partial charge in [0, 0.05) is 19.0 Å². The molecule has 20 heavy (non-hydrogen) atoms. The van der Waals surface area contributed by atoms with Crippen LogP contribution in [0.3, 0.4) is 0 Å². The third-order valence-corrected chi connectivity index (χ3v) is 4.53. The van der Waals surface area contributed by atoms with E-state index >= 15 is 0 Å². The van der Waals surface area contributed by atoms with Gasteiger partial charge in [-0.2, -0.15) is 0 Å². The maximum absolute atomic E-state index is 12.9. The van der Waals surface area contributed by atoms with Crippen LogP contribution >= 0.6 is 0 Å². The fraction of sp³-hybridized carbons (Fsp3) is 0.647. The van der Waals surface area contributed by atoms with Gasteiger partial charge in [0.05, 0.1) is 6.10 Å². The number of halogens is 1. The summed E-state index contributed by atoms with van der Waals surface area (Å²) in [6.45, 7) is 6.16. The Hall–Kier alpha value is -0.930. The average molecular weight is 279 g/mol. The summed E-state index contributed by atoms with van der Waals surface area (Å²) in [5.41, 5.74) is 1.11.